The third-order valence-corrected chi connectivity index (χ3v) is 2.82. The van der Waals surface area contributed by atoms with Gasteiger partial charge in [-0.2, -0.15) is 5.10 Å². The first-order valence-electron chi connectivity index (χ1n) is 6.10. The van der Waals surface area contributed by atoms with E-state index in [2.05, 4.69) is 35.5 Å². The summed E-state index contributed by atoms with van der Waals surface area (Å²) in [5.74, 6) is 0. The highest BCUT2D eigenvalue weighted by Gasteiger charge is 2.02. The van der Waals surface area contributed by atoms with E-state index in [-0.39, 0.29) is 0 Å². The first-order valence-corrected chi connectivity index (χ1v) is 6.10. The zero-order valence-electron chi connectivity index (χ0n) is 10.9. The van der Waals surface area contributed by atoms with Crippen molar-refractivity contribution in [1.29, 1.82) is 0 Å². The molecule has 2 aromatic rings. The predicted molar refractivity (Wildman–Crippen MR) is 71.9 cm³/mol. The van der Waals surface area contributed by atoms with Gasteiger partial charge in [0.05, 0.1) is 12.3 Å². The second-order valence-corrected chi connectivity index (χ2v) is 4.24. The van der Waals surface area contributed by atoms with E-state index in [1.54, 1.807) is 13.3 Å². The van der Waals surface area contributed by atoms with E-state index in [0.29, 0.717) is 0 Å². The molecule has 2 rings (SSSR count). The van der Waals surface area contributed by atoms with Crippen molar-refractivity contribution < 1.29 is 4.74 Å². The molecule has 0 amide bonds. The minimum absolute atomic E-state index is 0.740. The van der Waals surface area contributed by atoms with Gasteiger partial charge < -0.3 is 10.1 Å². The summed E-state index contributed by atoms with van der Waals surface area (Å²) in [6.07, 6.45) is 3.75. The third kappa shape index (κ3) is 3.18. The summed E-state index contributed by atoms with van der Waals surface area (Å²) >= 11 is 0. The number of rotatable bonds is 6. The van der Waals surface area contributed by atoms with Gasteiger partial charge in [-0.25, -0.2) is 4.68 Å². The van der Waals surface area contributed by atoms with Crippen LogP contribution in [0.4, 0.5) is 0 Å². The summed E-state index contributed by atoms with van der Waals surface area (Å²) in [5, 5.41) is 7.58. The smallest absolute Gasteiger partial charge is 0.0674 e. The zero-order chi connectivity index (χ0) is 12.8. The summed E-state index contributed by atoms with van der Waals surface area (Å²) in [6, 6.07) is 8.36. The zero-order valence-corrected chi connectivity index (χ0v) is 10.9. The molecule has 96 valence electrons. The average Bonchev–Trinajstić information content (AvgIpc) is 2.88. The van der Waals surface area contributed by atoms with Crippen LogP contribution >= 0.6 is 0 Å². The summed E-state index contributed by atoms with van der Waals surface area (Å²) in [5.41, 5.74) is 3.63. The van der Waals surface area contributed by atoms with Crippen LogP contribution in [0.1, 0.15) is 11.1 Å². The van der Waals surface area contributed by atoms with Crippen LogP contribution in [0.15, 0.2) is 36.7 Å². The van der Waals surface area contributed by atoms with E-state index < -0.39 is 0 Å². The Bertz CT molecular complexity index is 480. The molecule has 0 fully saturated rings. The topological polar surface area (TPSA) is 39.1 Å². The van der Waals surface area contributed by atoms with E-state index in [1.807, 2.05) is 16.9 Å². The number of benzene rings is 1. The predicted octanol–water partition coefficient (Wildman–Crippen LogP) is 1.92. The fourth-order valence-electron chi connectivity index (χ4n) is 1.90. The molecule has 1 aromatic heterocycles. The van der Waals surface area contributed by atoms with Crippen LogP contribution in [-0.4, -0.2) is 30.0 Å². The standard InChI is InChI=1S/C14H19N3O/c1-12-10-13(11-15-7-9-18-2)4-5-14(12)17-8-3-6-16-17/h3-6,8,10,15H,7,9,11H2,1-2H3. The lowest BCUT2D eigenvalue weighted by atomic mass is 10.1. The molecular formula is C14H19N3O. The van der Waals surface area contributed by atoms with Crippen molar-refractivity contribution in [3.8, 4) is 5.69 Å². The van der Waals surface area contributed by atoms with Crippen LogP contribution in [0.3, 0.4) is 0 Å². The molecule has 0 saturated carbocycles. The van der Waals surface area contributed by atoms with Crippen LogP contribution < -0.4 is 5.32 Å². The molecule has 1 N–H and O–H groups in total. The Morgan fingerprint density at radius 1 is 1.39 bits per heavy atom. The highest BCUT2D eigenvalue weighted by atomic mass is 16.5. The molecule has 4 heteroatoms. The van der Waals surface area contributed by atoms with E-state index in [1.165, 1.54) is 11.1 Å². The Labute approximate surface area is 108 Å². The summed E-state index contributed by atoms with van der Waals surface area (Å²) in [6.45, 7) is 4.58. The molecule has 0 spiro atoms. The highest BCUT2D eigenvalue weighted by molar-refractivity contribution is 5.42. The Hall–Kier alpha value is -1.65. The SMILES string of the molecule is COCCNCc1ccc(-n2cccn2)c(C)c1. The maximum atomic E-state index is 5.00. The fraction of sp³-hybridized carbons (Fsp3) is 0.357. The largest absolute Gasteiger partial charge is 0.383 e. The lowest BCUT2D eigenvalue weighted by Crippen LogP contribution is -2.18. The molecule has 0 unspecified atom stereocenters. The van der Waals surface area contributed by atoms with Gasteiger partial charge in [0.15, 0.2) is 0 Å². The van der Waals surface area contributed by atoms with Crippen molar-refractivity contribution in [2.45, 2.75) is 13.5 Å². The van der Waals surface area contributed by atoms with Crippen LogP contribution in [0.5, 0.6) is 0 Å². The van der Waals surface area contributed by atoms with Gasteiger partial charge in [-0.1, -0.05) is 12.1 Å². The summed E-state index contributed by atoms with van der Waals surface area (Å²) in [4.78, 5) is 0. The van der Waals surface area contributed by atoms with E-state index in [9.17, 15) is 0 Å². The molecule has 0 saturated heterocycles. The number of hydrogen-bond acceptors (Lipinski definition) is 3. The molecular weight excluding hydrogens is 226 g/mol. The Balaban J connectivity index is 2.01. The molecule has 0 aliphatic heterocycles. The van der Waals surface area contributed by atoms with Crippen LogP contribution in [0, 0.1) is 6.92 Å². The van der Waals surface area contributed by atoms with Crippen LogP contribution in [-0.2, 0) is 11.3 Å². The van der Waals surface area contributed by atoms with Gasteiger partial charge in [-0.3, -0.25) is 0 Å². The van der Waals surface area contributed by atoms with Gasteiger partial charge in [0.2, 0.25) is 0 Å². The summed E-state index contributed by atoms with van der Waals surface area (Å²) in [7, 11) is 1.71. The number of nitrogens with one attached hydrogen (secondary N) is 1. The molecule has 0 radical (unpaired) electrons. The number of methoxy groups -OCH3 is 1. The lowest BCUT2D eigenvalue weighted by molar-refractivity contribution is 0.199. The number of aromatic nitrogens is 2. The molecule has 0 aliphatic carbocycles. The van der Waals surface area contributed by atoms with E-state index >= 15 is 0 Å². The fourth-order valence-corrected chi connectivity index (χ4v) is 1.90. The molecule has 1 aromatic carbocycles. The Morgan fingerprint density at radius 2 is 2.28 bits per heavy atom. The number of nitrogens with zero attached hydrogens (tertiary/aromatic N) is 2. The lowest BCUT2D eigenvalue weighted by Gasteiger charge is -2.09. The molecule has 4 nitrogen and oxygen atoms in total. The molecule has 18 heavy (non-hydrogen) atoms. The van der Waals surface area contributed by atoms with E-state index in [0.717, 1.165) is 25.4 Å². The van der Waals surface area contributed by atoms with Gasteiger partial charge in [-0.05, 0) is 30.2 Å². The monoisotopic (exact) mass is 245 g/mol. The molecule has 1 heterocycles. The van der Waals surface area contributed by atoms with Crippen molar-refractivity contribution >= 4 is 0 Å². The second kappa shape index (κ2) is 6.33. The van der Waals surface area contributed by atoms with Gasteiger partial charge >= 0.3 is 0 Å². The second-order valence-electron chi connectivity index (χ2n) is 4.24. The van der Waals surface area contributed by atoms with Crippen LogP contribution in [0.25, 0.3) is 5.69 Å². The minimum Gasteiger partial charge on any atom is -0.383 e. The van der Waals surface area contributed by atoms with Crippen molar-refractivity contribution in [3.63, 3.8) is 0 Å². The quantitative estimate of drug-likeness (QED) is 0.790. The van der Waals surface area contributed by atoms with Gasteiger partial charge in [0.25, 0.3) is 0 Å². The first kappa shape index (κ1) is 12.8. The van der Waals surface area contributed by atoms with Crippen LogP contribution in [0.2, 0.25) is 0 Å². The number of aryl methyl sites for hydroxylation is 1. The highest BCUT2D eigenvalue weighted by Crippen LogP contribution is 2.14. The first-order chi connectivity index (χ1) is 8.81. The molecule has 0 atom stereocenters. The summed E-state index contributed by atoms with van der Waals surface area (Å²) < 4.78 is 6.88. The maximum absolute atomic E-state index is 5.00. The van der Waals surface area contributed by atoms with Crippen molar-refractivity contribution in [3.05, 3.63) is 47.8 Å². The van der Waals surface area contributed by atoms with Crippen molar-refractivity contribution in [2.24, 2.45) is 0 Å². The van der Waals surface area contributed by atoms with Gasteiger partial charge in [0.1, 0.15) is 0 Å². The Morgan fingerprint density at radius 3 is 2.94 bits per heavy atom. The van der Waals surface area contributed by atoms with Gasteiger partial charge in [-0.15, -0.1) is 0 Å². The maximum Gasteiger partial charge on any atom is 0.0674 e. The molecule has 0 bridgehead atoms. The third-order valence-electron chi connectivity index (χ3n) is 2.82. The van der Waals surface area contributed by atoms with Crippen molar-refractivity contribution in [1.82, 2.24) is 15.1 Å². The van der Waals surface area contributed by atoms with Crippen molar-refractivity contribution in [2.75, 3.05) is 20.3 Å². The minimum atomic E-state index is 0.740. The average molecular weight is 245 g/mol. The number of ether oxygens (including phenoxy) is 1. The normalized spacial score (nSPS) is 10.8. The van der Waals surface area contributed by atoms with E-state index in [4.69, 9.17) is 4.74 Å². The number of hydrogen-bond donors (Lipinski definition) is 1. The Kier molecular flexibility index (Phi) is 4.50. The van der Waals surface area contributed by atoms with Gasteiger partial charge in [0, 0.05) is 32.6 Å². The molecule has 0 aliphatic rings.